The molecule has 0 spiro atoms. The lowest BCUT2D eigenvalue weighted by Gasteiger charge is -2.30. The van der Waals surface area contributed by atoms with Gasteiger partial charge in [-0.05, 0) is 35.4 Å². The molecule has 1 aliphatic heterocycles. The Labute approximate surface area is 148 Å². The summed E-state index contributed by atoms with van der Waals surface area (Å²) in [5, 5.41) is 0. The molecular weight excluding hydrogens is 343 g/mol. The first-order valence-corrected chi connectivity index (χ1v) is 7.96. The van der Waals surface area contributed by atoms with E-state index in [2.05, 4.69) is 9.97 Å². The van der Waals surface area contributed by atoms with Crippen molar-refractivity contribution in [1.82, 2.24) is 14.9 Å². The van der Waals surface area contributed by atoms with E-state index in [1.165, 1.54) is 4.90 Å². The molecule has 0 N–H and O–H groups in total. The number of hydrogen-bond donors (Lipinski definition) is 0. The zero-order valence-corrected chi connectivity index (χ0v) is 13.8. The number of ketones is 1. The monoisotopic (exact) mass is 359 g/mol. The lowest BCUT2D eigenvalue weighted by atomic mass is 9.94. The van der Waals surface area contributed by atoms with E-state index in [1.54, 1.807) is 61.2 Å². The van der Waals surface area contributed by atoms with Crippen LogP contribution in [0.1, 0.15) is 11.1 Å². The number of alkyl halides is 3. The number of halogens is 3. The van der Waals surface area contributed by atoms with Crippen LogP contribution in [0.5, 0.6) is 0 Å². The minimum Gasteiger partial charge on any atom is -0.289 e. The molecule has 0 aliphatic carbocycles. The van der Waals surface area contributed by atoms with Gasteiger partial charge in [-0.2, -0.15) is 13.2 Å². The Balaban J connectivity index is 1.95. The van der Waals surface area contributed by atoms with Crippen LogP contribution < -0.4 is 0 Å². The highest BCUT2D eigenvalue weighted by Crippen LogP contribution is 2.25. The first-order chi connectivity index (χ1) is 12.4. The maximum absolute atomic E-state index is 12.9. The van der Waals surface area contributed by atoms with Gasteiger partial charge in [0, 0.05) is 49.0 Å². The Hall–Kier alpha value is -2.80. The Morgan fingerprint density at radius 2 is 1.46 bits per heavy atom. The van der Waals surface area contributed by atoms with Gasteiger partial charge in [0.2, 0.25) is 0 Å². The van der Waals surface area contributed by atoms with E-state index in [0.717, 1.165) is 0 Å². The fourth-order valence-electron chi connectivity index (χ4n) is 2.80. The molecule has 0 amide bonds. The summed E-state index contributed by atoms with van der Waals surface area (Å²) in [6.07, 6.45) is 5.16. The largest absolute Gasteiger partial charge is 0.401 e. The Morgan fingerprint density at radius 1 is 0.962 bits per heavy atom. The summed E-state index contributed by atoms with van der Waals surface area (Å²) in [5.41, 5.74) is 1.96. The minimum atomic E-state index is -4.33. The standard InChI is InChI=1S/C19H16F3N3O/c20-19(21,22)13-25-11-16(7-14-3-1-5-23-9-14)18(26)17(12-25)8-15-4-2-6-24-10-15/h1-10H,11-13H2. The number of Topliss-reactive ketones (excluding diaryl/α,β-unsaturated/α-hetero) is 1. The number of rotatable bonds is 3. The molecule has 1 saturated heterocycles. The molecule has 3 heterocycles. The molecule has 1 fully saturated rings. The maximum Gasteiger partial charge on any atom is 0.401 e. The second-order valence-corrected chi connectivity index (χ2v) is 6.00. The molecule has 2 aromatic heterocycles. The number of carbonyl (C=O) groups is 1. The van der Waals surface area contributed by atoms with Gasteiger partial charge in [-0.25, -0.2) is 0 Å². The summed E-state index contributed by atoms with van der Waals surface area (Å²) in [6.45, 7) is -1.19. The molecule has 7 heteroatoms. The molecule has 26 heavy (non-hydrogen) atoms. The second kappa shape index (κ2) is 7.61. The Bertz CT molecular complexity index is 769. The lowest BCUT2D eigenvalue weighted by Crippen LogP contribution is -2.42. The van der Waals surface area contributed by atoms with Crippen LogP contribution in [0.3, 0.4) is 0 Å². The van der Waals surface area contributed by atoms with Crippen molar-refractivity contribution in [3.05, 3.63) is 71.3 Å². The first kappa shape index (κ1) is 18.0. The van der Waals surface area contributed by atoms with E-state index in [9.17, 15) is 18.0 Å². The van der Waals surface area contributed by atoms with E-state index in [4.69, 9.17) is 0 Å². The molecule has 134 valence electrons. The van der Waals surface area contributed by atoms with Gasteiger partial charge in [0.15, 0.2) is 5.78 Å². The van der Waals surface area contributed by atoms with Crippen molar-refractivity contribution in [2.45, 2.75) is 6.18 Å². The summed E-state index contributed by atoms with van der Waals surface area (Å²) in [5.74, 6) is -0.254. The van der Waals surface area contributed by atoms with Gasteiger partial charge in [0.25, 0.3) is 0 Å². The van der Waals surface area contributed by atoms with Crippen molar-refractivity contribution in [2.24, 2.45) is 0 Å². The summed E-state index contributed by atoms with van der Waals surface area (Å²) >= 11 is 0. The van der Waals surface area contributed by atoms with Crippen molar-refractivity contribution < 1.29 is 18.0 Å². The zero-order chi connectivity index (χ0) is 18.6. The van der Waals surface area contributed by atoms with Crippen LogP contribution >= 0.6 is 0 Å². The van der Waals surface area contributed by atoms with Gasteiger partial charge in [0.1, 0.15) is 0 Å². The molecule has 0 atom stereocenters. The number of likely N-dealkylation sites (tertiary alicyclic amines) is 1. The van der Waals surface area contributed by atoms with Gasteiger partial charge in [-0.1, -0.05) is 12.1 Å². The van der Waals surface area contributed by atoms with Crippen LogP contribution in [0.25, 0.3) is 12.2 Å². The van der Waals surface area contributed by atoms with Crippen LogP contribution in [0.2, 0.25) is 0 Å². The smallest absolute Gasteiger partial charge is 0.289 e. The van der Waals surface area contributed by atoms with E-state index in [-0.39, 0.29) is 18.9 Å². The molecule has 0 unspecified atom stereocenters. The molecule has 2 aromatic rings. The minimum absolute atomic E-state index is 0.0579. The maximum atomic E-state index is 12.9. The van der Waals surface area contributed by atoms with Gasteiger partial charge in [-0.3, -0.25) is 19.7 Å². The third-order valence-electron chi connectivity index (χ3n) is 3.82. The summed E-state index contributed by atoms with van der Waals surface area (Å²) in [7, 11) is 0. The molecule has 0 radical (unpaired) electrons. The normalized spacial score (nSPS) is 19.3. The fraction of sp³-hybridized carbons (Fsp3) is 0.211. The van der Waals surface area contributed by atoms with E-state index in [0.29, 0.717) is 22.3 Å². The second-order valence-electron chi connectivity index (χ2n) is 6.00. The molecule has 1 aliphatic rings. The third kappa shape index (κ3) is 4.86. The average Bonchev–Trinajstić information content (AvgIpc) is 2.59. The van der Waals surface area contributed by atoms with Crippen LogP contribution in [0, 0.1) is 0 Å². The number of aromatic nitrogens is 2. The Morgan fingerprint density at radius 3 is 1.85 bits per heavy atom. The summed E-state index contributed by atoms with van der Waals surface area (Å²) in [4.78, 5) is 21.9. The SMILES string of the molecule is O=C1C(=Cc2cccnc2)CN(CC(F)(F)F)CC1=Cc1cccnc1. The average molecular weight is 359 g/mol. The van der Waals surface area contributed by atoms with Crippen LogP contribution in [-0.4, -0.2) is 46.5 Å². The highest BCUT2D eigenvalue weighted by Gasteiger charge is 2.35. The predicted molar refractivity (Wildman–Crippen MR) is 91.9 cm³/mol. The number of pyridine rings is 2. The summed E-state index contributed by atoms with van der Waals surface area (Å²) in [6, 6.07) is 6.92. The van der Waals surface area contributed by atoms with Crippen molar-refractivity contribution in [3.8, 4) is 0 Å². The lowest BCUT2D eigenvalue weighted by molar-refractivity contribution is -0.146. The highest BCUT2D eigenvalue weighted by atomic mass is 19.4. The van der Waals surface area contributed by atoms with Crippen LogP contribution in [-0.2, 0) is 4.79 Å². The number of hydrogen-bond acceptors (Lipinski definition) is 4. The predicted octanol–water partition coefficient (Wildman–Crippen LogP) is 3.39. The van der Waals surface area contributed by atoms with Gasteiger partial charge < -0.3 is 0 Å². The molecular formula is C19H16F3N3O. The Kier molecular flexibility index (Phi) is 5.27. The summed E-state index contributed by atoms with van der Waals surface area (Å²) < 4.78 is 38.6. The van der Waals surface area contributed by atoms with Crippen molar-refractivity contribution >= 4 is 17.9 Å². The van der Waals surface area contributed by atoms with Gasteiger partial charge in [-0.15, -0.1) is 0 Å². The quantitative estimate of drug-likeness (QED) is 0.788. The van der Waals surface area contributed by atoms with Crippen molar-refractivity contribution in [3.63, 3.8) is 0 Å². The molecule has 3 rings (SSSR count). The zero-order valence-electron chi connectivity index (χ0n) is 13.8. The first-order valence-electron chi connectivity index (χ1n) is 7.96. The van der Waals surface area contributed by atoms with E-state index in [1.807, 2.05) is 0 Å². The van der Waals surface area contributed by atoms with Gasteiger partial charge >= 0.3 is 6.18 Å². The molecule has 0 bridgehead atoms. The van der Waals surface area contributed by atoms with Crippen molar-refractivity contribution in [1.29, 1.82) is 0 Å². The van der Waals surface area contributed by atoms with Crippen molar-refractivity contribution in [2.75, 3.05) is 19.6 Å². The molecule has 4 nitrogen and oxygen atoms in total. The highest BCUT2D eigenvalue weighted by molar-refractivity contribution is 6.14. The number of piperidine rings is 1. The topological polar surface area (TPSA) is 46.1 Å². The molecule has 0 saturated carbocycles. The van der Waals surface area contributed by atoms with Crippen LogP contribution in [0.15, 0.2) is 60.2 Å². The number of carbonyl (C=O) groups excluding carboxylic acids is 1. The van der Waals surface area contributed by atoms with Crippen LogP contribution in [0.4, 0.5) is 13.2 Å². The van der Waals surface area contributed by atoms with E-state index < -0.39 is 12.7 Å². The van der Waals surface area contributed by atoms with Gasteiger partial charge in [0.05, 0.1) is 6.54 Å². The third-order valence-corrected chi connectivity index (χ3v) is 3.82. The number of nitrogens with zero attached hydrogens (tertiary/aromatic N) is 3. The molecule has 0 aromatic carbocycles. The van der Waals surface area contributed by atoms with E-state index >= 15 is 0 Å². The fourth-order valence-corrected chi connectivity index (χ4v) is 2.80.